The lowest BCUT2D eigenvalue weighted by Gasteiger charge is -2.02. The van der Waals surface area contributed by atoms with Crippen LogP contribution in [-0.4, -0.2) is 21.4 Å². The van der Waals surface area contributed by atoms with Gasteiger partial charge in [-0.3, -0.25) is 0 Å². The van der Waals surface area contributed by atoms with Gasteiger partial charge in [-0.15, -0.1) is 5.10 Å². The van der Waals surface area contributed by atoms with E-state index in [1.807, 2.05) is 23.6 Å². The van der Waals surface area contributed by atoms with Crippen LogP contribution in [0.4, 0.5) is 0 Å². The third kappa shape index (κ3) is 3.58. The Labute approximate surface area is 136 Å². The van der Waals surface area contributed by atoms with Gasteiger partial charge in [0.2, 0.25) is 0 Å². The molecule has 0 saturated heterocycles. The molecule has 6 nitrogen and oxygen atoms in total. The van der Waals surface area contributed by atoms with Gasteiger partial charge in [0.15, 0.2) is 5.84 Å². The van der Waals surface area contributed by atoms with Gasteiger partial charge in [-0.2, -0.15) is 0 Å². The smallest absolute Gasteiger partial charge is 0.365 e. The molecule has 0 radical (unpaired) electrons. The van der Waals surface area contributed by atoms with Crippen LogP contribution < -0.4 is 5.73 Å². The summed E-state index contributed by atoms with van der Waals surface area (Å²) in [7, 11) is 0. The first-order valence-corrected chi connectivity index (χ1v) is 7.55. The molecular formula is C16H12N4O2S. The van der Waals surface area contributed by atoms with Crippen molar-refractivity contribution < 1.29 is 9.63 Å². The SMILES string of the molecule is N/C(=N\OC(=O)c1ccccc1)c1ccc(-c2csnn2)cc1. The fourth-order valence-corrected chi connectivity index (χ4v) is 2.34. The molecule has 0 aliphatic heterocycles. The lowest BCUT2D eigenvalue weighted by Crippen LogP contribution is -2.15. The van der Waals surface area contributed by atoms with Gasteiger partial charge in [0.05, 0.1) is 5.56 Å². The Morgan fingerprint density at radius 3 is 2.43 bits per heavy atom. The van der Waals surface area contributed by atoms with Crippen LogP contribution in [0.3, 0.4) is 0 Å². The largest absolute Gasteiger partial charge is 0.380 e. The lowest BCUT2D eigenvalue weighted by atomic mass is 10.1. The van der Waals surface area contributed by atoms with E-state index in [0.29, 0.717) is 11.1 Å². The van der Waals surface area contributed by atoms with Crippen molar-refractivity contribution in [1.82, 2.24) is 9.59 Å². The number of hydrogen-bond acceptors (Lipinski definition) is 6. The molecule has 0 bridgehead atoms. The van der Waals surface area contributed by atoms with E-state index in [2.05, 4.69) is 14.7 Å². The Bertz CT molecular complexity index is 815. The van der Waals surface area contributed by atoms with Gasteiger partial charge in [0.25, 0.3) is 0 Å². The van der Waals surface area contributed by atoms with Gasteiger partial charge < -0.3 is 10.6 Å². The standard InChI is InChI=1S/C16H12N4O2S/c17-15(19-22-16(21)13-4-2-1-3-5-13)12-8-6-11(7-9-12)14-10-23-20-18-14/h1-10H,(H2,17,19). The summed E-state index contributed by atoms with van der Waals surface area (Å²) >= 11 is 1.29. The Morgan fingerprint density at radius 1 is 1.04 bits per heavy atom. The fourth-order valence-electron chi connectivity index (χ4n) is 1.87. The Morgan fingerprint density at radius 2 is 1.78 bits per heavy atom. The molecule has 2 N–H and O–H groups in total. The minimum atomic E-state index is -0.557. The molecular weight excluding hydrogens is 312 g/mol. The van der Waals surface area contributed by atoms with E-state index in [1.165, 1.54) is 11.5 Å². The molecule has 7 heteroatoms. The Kier molecular flexibility index (Phi) is 4.39. The van der Waals surface area contributed by atoms with Crippen LogP contribution in [0.15, 0.2) is 65.1 Å². The zero-order valence-corrected chi connectivity index (χ0v) is 12.7. The van der Waals surface area contributed by atoms with Crippen molar-refractivity contribution in [1.29, 1.82) is 0 Å². The molecule has 0 amide bonds. The molecule has 114 valence electrons. The zero-order valence-electron chi connectivity index (χ0n) is 11.9. The Balaban J connectivity index is 1.70. The highest BCUT2D eigenvalue weighted by molar-refractivity contribution is 7.03. The molecule has 0 spiro atoms. The van der Waals surface area contributed by atoms with Crippen LogP contribution in [0, 0.1) is 0 Å². The first kappa shape index (κ1) is 14.9. The van der Waals surface area contributed by atoms with Crippen LogP contribution in [0.2, 0.25) is 0 Å². The highest BCUT2D eigenvalue weighted by Crippen LogP contribution is 2.18. The first-order valence-electron chi connectivity index (χ1n) is 6.72. The topological polar surface area (TPSA) is 90.5 Å². The third-order valence-electron chi connectivity index (χ3n) is 3.07. The molecule has 0 fully saturated rings. The van der Waals surface area contributed by atoms with Crippen LogP contribution in [0.1, 0.15) is 15.9 Å². The van der Waals surface area contributed by atoms with Crippen molar-refractivity contribution in [3.8, 4) is 11.3 Å². The number of rotatable bonds is 4. The van der Waals surface area contributed by atoms with Crippen molar-refractivity contribution >= 4 is 23.3 Å². The Hall–Kier alpha value is -3.06. The normalized spacial score (nSPS) is 11.2. The predicted molar refractivity (Wildman–Crippen MR) is 87.9 cm³/mol. The monoisotopic (exact) mass is 324 g/mol. The van der Waals surface area contributed by atoms with Gasteiger partial charge in [0, 0.05) is 16.5 Å². The van der Waals surface area contributed by atoms with Gasteiger partial charge in [0.1, 0.15) is 5.69 Å². The molecule has 0 aliphatic carbocycles. The van der Waals surface area contributed by atoms with E-state index in [4.69, 9.17) is 10.6 Å². The van der Waals surface area contributed by atoms with Crippen molar-refractivity contribution in [3.63, 3.8) is 0 Å². The fraction of sp³-hybridized carbons (Fsp3) is 0. The van der Waals surface area contributed by atoms with E-state index in [-0.39, 0.29) is 5.84 Å². The summed E-state index contributed by atoms with van der Waals surface area (Å²) in [6.07, 6.45) is 0. The maximum Gasteiger partial charge on any atom is 0.365 e. The van der Waals surface area contributed by atoms with Gasteiger partial charge >= 0.3 is 5.97 Å². The number of amidine groups is 1. The van der Waals surface area contributed by atoms with Crippen LogP contribution in [-0.2, 0) is 4.84 Å². The number of carbonyl (C=O) groups excluding carboxylic acids is 1. The molecule has 0 saturated carbocycles. The van der Waals surface area contributed by atoms with E-state index in [0.717, 1.165) is 11.3 Å². The number of carbonyl (C=O) groups is 1. The van der Waals surface area contributed by atoms with Gasteiger partial charge in [-0.25, -0.2) is 4.79 Å². The molecule has 3 rings (SSSR count). The molecule has 2 aromatic carbocycles. The number of oxime groups is 1. The molecule has 3 aromatic rings. The lowest BCUT2D eigenvalue weighted by molar-refractivity contribution is 0.0516. The van der Waals surface area contributed by atoms with Crippen molar-refractivity contribution in [2.45, 2.75) is 0 Å². The first-order chi connectivity index (χ1) is 11.2. The van der Waals surface area contributed by atoms with Crippen molar-refractivity contribution in [3.05, 3.63) is 71.1 Å². The third-order valence-corrected chi connectivity index (χ3v) is 3.58. The number of nitrogens with two attached hydrogens (primary N) is 1. The van der Waals surface area contributed by atoms with E-state index in [1.54, 1.807) is 36.4 Å². The molecule has 23 heavy (non-hydrogen) atoms. The van der Waals surface area contributed by atoms with E-state index >= 15 is 0 Å². The predicted octanol–water partition coefficient (Wildman–Crippen LogP) is 2.68. The molecule has 1 aromatic heterocycles. The van der Waals surface area contributed by atoms with E-state index < -0.39 is 5.97 Å². The molecule has 0 unspecified atom stereocenters. The summed E-state index contributed by atoms with van der Waals surface area (Å²) in [6, 6.07) is 15.9. The summed E-state index contributed by atoms with van der Waals surface area (Å²) in [5, 5.41) is 9.53. The molecule has 1 heterocycles. The van der Waals surface area contributed by atoms with Crippen LogP contribution in [0.5, 0.6) is 0 Å². The summed E-state index contributed by atoms with van der Waals surface area (Å²) in [4.78, 5) is 16.6. The summed E-state index contributed by atoms with van der Waals surface area (Å²) in [5.74, 6) is -0.434. The summed E-state index contributed by atoms with van der Waals surface area (Å²) in [5.41, 5.74) is 8.63. The maximum absolute atomic E-state index is 11.8. The van der Waals surface area contributed by atoms with Gasteiger partial charge in [-0.05, 0) is 23.7 Å². The second kappa shape index (κ2) is 6.80. The summed E-state index contributed by atoms with van der Waals surface area (Å²) in [6.45, 7) is 0. The zero-order chi connectivity index (χ0) is 16.1. The average molecular weight is 324 g/mol. The maximum atomic E-state index is 11.8. The second-order valence-corrected chi connectivity index (χ2v) is 5.20. The highest BCUT2D eigenvalue weighted by atomic mass is 32.1. The minimum absolute atomic E-state index is 0.122. The quantitative estimate of drug-likeness (QED) is 0.345. The number of benzene rings is 2. The van der Waals surface area contributed by atoms with Gasteiger partial charge in [-0.1, -0.05) is 52.1 Å². The minimum Gasteiger partial charge on any atom is -0.380 e. The van der Waals surface area contributed by atoms with Crippen molar-refractivity contribution in [2.24, 2.45) is 10.9 Å². The second-order valence-electron chi connectivity index (χ2n) is 4.59. The number of aromatic nitrogens is 2. The number of hydrogen-bond donors (Lipinski definition) is 1. The average Bonchev–Trinajstić information content (AvgIpc) is 3.15. The molecule has 0 atom stereocenters. The van der Waals surface area contributed by atoms with Crippen LogP contribution in [0.25, 0.3) is 11.3 Å². The van der Waals surface area contributed by atoms with Crippen molar-refractivity contribution in [2.75, 3.05) is 0 Å². The number of nitrogens with zero attached hydrogens (tertiary/aromatic N) is 3. The summed E-state index contributed by atoms with van der Waals surface area (Å²) < 4.78 is 3.82. The molecule has 0 aliphatic rings. The van der Waals surface area contributed by atoms with E-state index in [9.17, 15) is 4.79 Å². The highest BCUT2D eigenvalue weighted by Gasteiger charge is 2.07. The van der Waals surface area contributed by atoms with Crippen LogP contribution >= 0.6 is 11.5 Å².